The minimum atomic E-state index is -0.718. The number of hydrogen-bond acceptors (Lipinski definition) is 8. The van der Waals surface area contributed by atoms with Crippen LogP contribution >= 0.6 is 0 Å². The van der Waals surface area contributed by atoms with Gasteiger partial charge >= 0.3 is 18.3 Å². The molecule has 1 fully saturated rings. The third-order valence-corrected chi connectivity index (χ3v) is 5.46. The summed E-state index contributed by atoms with van der Waals surface area (Å²) in [6.07, 6.45) is -1.32. The molecule has 0 radical (unpaired) electrons. The number of carbonyl (C=O) groups excluding carboxylic acids is 4. The number of nitrogens with one attached hydrogen (secondary N) is 1. The van der Waals surface area contributed by atoms with Gasteiger partial charge in [0, 0.05) is 65.3 Å². The van der Waals surface area contributed by atoms with E-state index in [0.29, 0.717) is 6.54 Å². The molecule has 1 saturated heterocycles. The van der Waals surface area contributed by atoms with Crippen LogP contribution in [0.1, 0.15) is 68.7 Å². The van der Waals surface area contributed by atoms with Crippen LogP contribution in [-0.4, -0.2) is 127 Å². The molecule has 1 N–H and O–H groups in total. The summed E-state index contributed by atoms with van der Waals surface area (Å²) >= 11 is 0. The van der Waals surface area contributed by atoms with E-state index >= 15 is 0 Å². The Labute approximate surface area is 234 Å². The van der Waals surface area contributed by atoms with E-state index in [-0.39, 0.29) is 64.7 Å². The number of ether oxygens (including phenoxy) is 3. The molecule has 0 saturated carbocycles. The number of hydrogen-bond donors (Lipinski definition) is 1. The molecule has 1 rings (SSSR count). The van der Waals surface area contributed by atoms with Gasteiger partial charge < -0.3 is 39.1 Å². The molecule has 0 atom stereocenters. The van der Waals surface area contributed by atoms with E-state index in [1.807, 2.05) is 0 Å². The first-order chi connectivity index (χ1) is 17.8. The average Bonchev–Trinajstić information content (AvgIpc) is 2.74. The Hall–Kier alpha value is -2.76. The van der Waals surface area contributed by atoms with Crippen molar-refractivity contribution in [1.82, 2.24) is 24.9 Å². The highest BCUT2D eigenvalue weighted by atomic mass is 16.6. The van der Waals surface area contributed by atoms with Crippen LogP contribution in [0.15, 0.2) is 0 Å². The Balaban J connectivity index is 3.30. The SMILES string of the molecule is CNCCC(=O)N1CCN(C(=O)OC(C)(C)C)CCN(C(=O)OC(C)(C)C)CCN(C(=O)OC(C)(C)C)CC1. The molecule has 1 aliphatic rings. The smallest absolute Gasteiger partial charge is 0.410 e. The maximum absolute atomic E-state index is 13.1. The van der Waals surface area contributed by atoms with E-state index in [1.54, 1.807) is 74.3 Å². The van der Waals surface area contributed by atoms with Crippen LogP contribution in [0.25, 0.3) is 0 Å². The molecule has 226 valence electrons. The molecule has 39 heavy (non-hydrogen) atoms. The van der Waals surface area contributed by atoms with Crippen LogP contribution in [0, 0.1) is 0 Å². The Kier molecular flexibility index (Phi) is 12.8. The van der Waals surface area contributed by atoms with Crippen molar-refractivity contribution in [2.24, 2.45) is 0 Å². The summed E-state index contributed by atoms with van der Waals surface area (Å²) in [7, 11) is 1.77. The van der Waals surface area contributed by atoms with Crippen molar-refractivity contribution in [3.05, 3.63) is 0 Å². The van der Waals surface area contributed by atoms with Crippen molar-refractivity contribution in [3.8, 4) is 0 Å². The molecule has 12 heteroatoms. The Morgan fingerprint density at radius 2 is 0.795 bits per heavy atom. The standard InChI is InChI=1S/C27H51N5O7/c1-25(2,3)37-22(34)30-15-13-29(21(33)11-12-28-10)14-16-31(23(35)38-26(4,5)6)18-20-32(19-17-30)24(36)39-27(7,8)9/h28H,11-20H2,1-10H3. The van der Waals surface area contributed by atoms with Crippen LogP contribution in [0.2, 0.25) is 0 Å². The molecule has 1 heterocycles. The second-order valence-corrected chi connectivity index (χ2v) is 12.6. The topological polar surface area (TPSA) is 121 Å². The number of nitrogens with zero attached hydrogens (tertiary/aromatic N) is 4. The van der Waals surface area contributed by atoms with Gasteiger partial charge in [0.15, 0.2) is 0 Å². The lowest BCUT2D eigenvalue weighted by Crippen LogP contribution is -2.52. The minimum Gasteiger partial charge on any atom is -0.444 e. The van der Waals surface area contributed by atoms with Gasteiger partial charge in [-0.2, -0.15) is 0 Å². The molecule has 0 bridgehead atoms. The van der Waals surface area contributed by atoms with Gasteiger partial charge in [-0.1, -0.05) is 0 Å². The van der Waals surface area contributed by atoms with Crippen molar-refractivity contribution in [1.29, 1.82) is 0 Å². The lowest BCUT2D eigenvalue weighted by Gasteiger charge is -2.36. The monoisotopic (exact) mass is 557 g/mol. The second-order valence-electron chi connectivity index (χ2n) is 12.6. The largest absolute Gasteiger partial charge is 0.444 e. The Bertz CT molecular complexity index is 786. The van der Waals surface area contributed by atoms with Gasteiger partial charge in [0.05, 0.1) is 0 Å². The molecule has 0 unspecified atom stereocenters. The van der Waals surface area contributed by atoms with E-state index in [0.717, 1.165) is 0 Å². The van der Waals surface area contributed by atoms with Gasteiger partial charge in [0.2, 0.25) is 5.91 Å². The summed E-state index contributed by atoms with van der Waals surface area (Å²) in [6, 6.07) is 0. The van der Waals surface area contributed by atoms with Gasteiger partial charge in [-0.15, -0.1) is 0 Å². The maximum atomic E-state index is 13.1. The predicted molar refractivity (Wildman–Crippen MR) is 149 cm³/mol. The zero-order chi connectivity index (χ0) is 30.0. The van der Waals surface area contributed by atoms with Crippen LogP contribution < -0.4 is 5.32 Å². The summed E-state index contributed by atoms with van der Waals surface area (Å²) in [5, 5.41) is 2.98. The molecule has 0 aromatic carbocycles. The van der Waals surface area contributed by atoms with E-state index in [1.165, 1.54) is 14.7 Å². The first-order valence-corrected chi connectivity index (χ1v) is 13.7. The normalized spacial score (nSPS) is 16.7. The summed E-state index contributed by atoms with van der Waals surface area (Å²) in [4.78, 5) is 58.3. The van der Waals surface area contributed by atoms with E-state index in [9.17, 15) is 19.2 Å². The highest BCUT2D eigenvalue weighted by Crippen LogP contribution is 2.15. The zero-order valence-corrected chi connectivity index (χ0v) is 25.7. The van der Waals surface area contributed by atoms with Gasteiger partial charge in [0.25, 0.3) is 0 Å². The molecule has 4 amide bonds. The lowest BCUT2D eigenvalue weighted by molar-refractivity contribution is -0.131. The summed E-state index contributed by atoms with van der Waals surface area (Å²) in [5.74, 6) is -0.0925. The fourth-order valence-electron chi connectivity index (χ4n) is 3.58. The quantitative estimate of drug-likeness (QED) is 0.526. The van der Waals surface area contributed by atoms with Gasteiger partial charge in [-0.25, -0.2) is 14.4 Å². The van der Waals surface area contributed by atoms with E-state index in [2.05, 4.69) is 5.32 Å². The molecule has 1 aliphatic heterocycles. The minimum absolute atomic E-state index is 0.0925. The van der Waals surface area contributed by atoms with E-state index < -0.39 is 35.1 Å². The molecular weight excluding hydrogens is 506 g/mol. The number of amides is 4. The number of carbonyl (C=O) groups is 4. The zero-order valence-electron chi connectivity index (χ0n) is 25.7. The van der Waals surface area contributed by atoms with Crippen molar-refractivity contribution < 1.29 is 33.4 Å². The molecule has 0 spiro atoms. The van der Waals surface area contributed by atoms with Gasteiger partial charge in [0.1, 0.15) is 16.8 Å². The van der Waals surface area contributed by atoms with E-state index in [4.69, 9.17) is 14.2 Å². The summed E-state index contributed by atoms with van der Waals surface area (Å²) in [5.41, 5.74) is -2.13. The lowest BCUT2D eigenvalue weighted by atomic mass is 10.2. The first-order valence-electron chi connectivity index (χ1n) is 13.7. The van der Waals surface area contributed by atoms with Crippen molar-refractivity contribution in [2.45, 2.75) is 85.5 Å². The molecule has 0 aliphatic carbocycles. The Morgan fingerprint density at radius 1 is 0.538 bits per heavy atom. The predicted octanol–water partition coefficient (Wildman–Crippen LogP) is 3.15. The van der Waals surface area contributed by atoms with Crippen molar-refractivity contribution >= 4 is 24.2 Å². The van der Waals surface area contributed by atoms with Crippen molar-refractivity contribution in [2.75, 3.05) is 66.0 Å². The van der Waals surface area contributed by atoms with Crippen LogP contribution in [0.4, 0.5) is 14.4 Å². The summed E-state index contributed by atoms with van der Waals surface area (Å²) < 4.78 is 16.8. The highest BCUT2D eigenvalue weighted by Gasteiger charge is 2.30. The van der Waals surface area contributed by atoms with Crippen LogP contribution in [0.3, 0.4) is 0 Å². The maximum Gasteiger partial charge on any atom is 0.410 e. The third-order valence-electron chi connectivity index (χ3n) is 5.46. The van der Waals surface area contributed by atoms with Crippen molar-refractivity contribution in [3.63, 3.8) is 0 Å². The fraction of sp³-hybridized carbons (Fsp3) is 0.852. The fourth-order valence-corrected chi connectivity index (χ4v) is 3.58. The Morgan fingerprint density at radius 3 is 1.03 bits per heavy atom. The van der Waals surface area contributed by atoms with Crippen LogP contribution in [-0.2, 0) is 19.0 Å². The van der Waals surface area contributed by atoms with Gasteiger partial charge in [-0.05, 0) is 69.4 Å². The second kappa shape index (κ2) is 14.6. The summed E-state index contributed by atoms with van der Waals surface area (Å²) in [6.45, 7) is 18.1. The van der Waals surface area contributed by atoms with Crippen LogP contribution in [0.5, 0.6) is 0 Å². The van der Waals surface area contributed by atoms with Gasteiger partial charge in [-0.3, -0.25) is 4.79 Å². The number of rotatable bonds is 3. The first kappa shape index (κ1) is 34.3. The molecular formula is C27H51N5O7. The third kappa shape index (κ3) is 14.3. The molecule has 0 aromatic rings. The average molecular weight is 558 g/mol. The highest BCUT2D eigenvalue weighted by molar-refractivity contribution is 5.76. The molecule has 12 nitrogen and oxygen atoms in total. The molecule has 0 aromatic heterocycles.